The van der Waals surface area contributed by atoms with Gasteiger partial charge in [0.1, 0.15) is 0 Å². The minimum atomic E-state index is 0.600. The van der Waals surface area contributed by atoms with Crippen molar-refractivity contribution in [1.29, 1.82) is 0 Å². The zero-order valence-corrected chi connectivity index (χ0v) is 12.9. The molecular weight excluding hydrogens is 260 g/mol. The van der Waals surface area contributed by atoms with Gasteiger partial charge in [-0.3, -0.25) is 0 Å². The molecule has 2 heterocycles. The molecule has 0 bridgehead atoms. The second-order valence-electron chi connectivity index (χ2n) is 4.75. The van der Waals surface area contributed by atoms with Gasteiger partial charge in [-0.15, -0.1) is 11.3 Å². The topological polar surface area (TPSA) is 40.6 Å². The van der Waals surface area contributed by atoms with Gasteiger partial charge in [0.2, 0.25) is 0 Å². The molecule has 2 rings (SSSR count). The third-order valence-corrected chi connectivity index (χ3v) is 4.63. The second-order valence-corrected chi connectivity index (χ2v) is 5.81. The lowest BCUT2D eigenvalue weighted by molar-refractivity contribution is 0.181. The molecule has 0 saturated carbocycles. The fraction of sp³-hybridized carbons (Fsp3) is 0.769. The Kier molecular flexibility index (Phi) is 5.57. The van der Waals surface area contributed by atoms with E-state index in [-0.39, 0.29) is 0 Å². The number of rotatable bonds is 6. The summed E-state index contributed by atoms with van der Waals surface area (Å²) in [4.78, 5) is 10.9. The normalized spacial score (nSPS) is 17.1. The molecule has 0 aliphatic carbocycles. The molecule has 0 radical (unpaired) electrons. The number of hydrogen-bond donors (Lipinski definition) is 1. The van der Waals surface area contributed by atoms with E-state index in [2.05, 4.69) is 22.0 Å². The molecule has 0 aromatic carbocycles. The molecule has 1 fully saturated rings. The van der Waals surface area contributed by atoms with Crippen molar-refractivity contribution < 1.29 is 4.74 Å². The summed E-state index contributed by atoms with van der Waals surface area (Å²) in [6, 6.07) is 0. The van der Waals surface area contributed by atoms with Crippen LogP contribution in [0.3, 0.4) is 0 Å². The van der Waals surface area contributed by atoms with E-state index >= 15 is 0 Å². The molecule has 1 aliphatic rings. The Bertz CT molecular complexity index is 364. The average Bonchev–Trinajstić information content (AvgIpc) is 2.83. The third-order valence-electron chi connectivity index (χ3n) is 3.48. The van der Waals surface area contributed by atoms with E-state index in [1.165, 1.54) is 4.88 Å². The fourth-order valence-electron chi connectivity index (χ4n) is 2.31. The predicted octanol–water partition coefficient (Wildman–Crippen LogP) is 1.15. The number of thiazole rings is 1. The van der Waals surface area contributed by atoms with Crippen molar-refractivity contribution in [2.75, 3.05) is 51.8 Å². The molecule has 5 nitrogen and oxygen atoms in total. The van der Waals surface area contributed by atoms with E-state index in [1.54, 1.807) is 18.4 Å². The van der Waals surface area contributed by atoms with E-state index in [9.17, 15) is 0 Å². The molecule has 19 heavy (non-hydrogen) atoms. The Labute approximate surface area is 119 Å². The molecule has 1 aromatic heterocycles. The van der Waals surface area contributed by atoms with E-state index in [0.29, 0.717) is 6.61 Å². The van der Waals surface area contributed by atoms with E-state index < -0.39 is 0 Å². The van der Waals surface area contributed by atoms with Gasteiger partial charge in [0, 0.05) is 44.7 Å². The quantitative estimate of drug-likeness (QED) is 0.849. The number of nitrogens with zero attached hydrogens (tertiary/aromatic N) is 3. The summed E-state index contributed by atoms with van der Waals surface area (Å²) >= 11 is 1.79. The van der Waals surface area contributed by atoms with Crippen molar-refractivity contribution in [3.05, 3.63) is 10.6 Å². The smallest absolute Gasteiger partial charge is 0.186 e. The lowest BCUT2D eigenvalue weighted by atomic mass is 10.3. The highest BCUT2D eigenvalue weighted by molar-refractivity contribution is 7.15. The summed E-state index contributed by atoms with van der Waals surface area (Å²) < 4.78 is 5.24. The first-order chi connectivity index (χ1) is 9.28. The number of anilines is 1. The number of hydrogen-bond acceptors (Lipinski definition) is 6. The number of methoxy groups -OCH3 is 1. The molecule has 6 heteroatoms. The molecule has 1 aromatic rings. The summed E-state index contributed by atoms with van der Waals surface area (Å²) in [6.07, 6.45) is 0. The van der Waals surface area contributed by atoms with Crippen molar-refractivity contribution in [1.82, 2.24) is 15.2 Å². The highest BCUT2D eigenvalue weighted by Crippen LogP contribution is 2.27. The van der Waals surface area contributed by atoms with Crippen molar-refractivity contribution in [2.45, 2.75) is 20.1 Å². The highest BCUT2D eigenvalue weighted by Gasteiger charge is 2.20. The molecule has 1 saturated heterocycles. The number of piperazine rings is 1. The molecular formula is C13H24N4OS. The number of nitrogens with one attached hydrogen (secondary N) is 1. The van der Waals surface area contributed by atoms with Crippen LogP contribution in [0.15, 0.2) is 0 Å². The summed E-state index contributed by atoms with van der Waals surface area (Å²) in [5.41, 5.74) is 1.08. The van der Waals surface area contributed by atoms with Crippen LogP contribution in [0, 0.1) is 0 Å². The van der Waals surface area contributed by atoms with Gasteiger partial charge in [0.15, 0.2) is 5.13 Å². The molecule has 0 unspecified atom stereocenters. The Morgan fingerprint density at radius 3 is 2.63 bits per heavy atom. The predicted molar refractivity (Wildman–Crippen MR) is 79.9 cm³/mol. The Balaban J connectivity index is 2.05. The van der Waals surface area contributed by atoms with Gasteiger partial charge >= 0.3 is 0 Å². The van der Waals surface area contributed by atoms with Crippen molar-refractivity contribution in [2.24, 2.45) is 0 Å². The molecule has 0 spiro atoms. The van der Waals surface area contributed by atoms with E-state index in [1.807, 2.05) is 7.05 Å². The first-order valence-electron chi connectivity index (χ1n) is 6.87. The van der Waals surface area contributed by atoms with Crippen molar-refractivity contribution in [3.63, 3.8) is 0 Å². The molecule has 0 atom stereocenters. The molecule has 1 N–H and O–H groups in total. The lowest BCUT2D eigenvalue weighted by Crippen LogP contribution is -2.46. The van der Waals surface area contributed by atoms with Crippen LogP contribution in [0.25, 0.3) is 0 Å². The van der Waals surface area contributed by atoms with Crippen LogP contribution in [0.2, 0.25) is 0 Å². The first kappa shape index (κ1) is 14.7. The van der Waals surface area contributed by atoms with Crippen LogP contribution in [0.4, 0.5) is 5.13 Å². The minimum absolute atomic E-state index is 0.600. The van der Waals surface area contributed by atoms with Crippen LogP contribution in [0.1, 0.15) is 17.5 Å². The maximum atomic E-state index is 5.24. The largest absolute Gasteiger partial charge is 0.378 e. The Morgan fingerprint density at radius 1 is 1.32 bits per heavy atom. The SMILES string of the molecule is CCN1CCN(c2nc(COC)c(CNC)s2)CC1. The minimum Gasteiger partial charge on any atom is -0.378 e. The fourth-order valence-corrected chi connectivity index (χ4v) is 3.44. The van der Waals surface area contributed by atoms with Crippen LogP contribution in [-0.2, 0) is 17.9 Å². The van der Waals surface area contributed by atoms with Gasteiger partial charge in [-0.2, -0.15) is 0 Å². The Morgan fingerprint density at radius 2 is 2.05 bits per heavy atom. The van der Waals surface area contributed by atoms with Gasteiger partial charge in [-0.05, 0) is 13.6 Å². The van der Waals surface area contributed by atoms with Gasteiger partial charge < -0.3 is 19.9 Å². The van der Waals surface area contributed by atoms with Gasteiger partial charge in [0.25, 0.3) is 0 Å². The second kappa shape index (κ2) is 7.19. The standard InChI is InChI=1S/C13H24N4OS/c1-4-16-5-7-17(8-6-16)13-15-11(10-18-3)12(19-13)9-14-2/h14H,4-10H2,1-3H3. The van der Waals surface area contributed by atoms with Crippen LogP contribution < -0.4 is 10.2 Å². The summed E-state index contributed by atoms with van der Waals surface area (Å²) in [7, 11) is 3.69. The summed E-state index contributed by atoms with van der Waals surface area (Å²) in [5.74, 6) is 0. The van der Waals surface area contributed by atoms with Gasteiger partial charge in [-0.25, -0.2) is 4.98 Å². The molecule has 0 amide bonds. The lowest BCUT2D eigenvalue weighted by Gasteiger charge is -2.33. The first-order valence-corrected chi connectivity index (χ1v) is 7.69. The summed E-state index contributed by atoms with van der Waals surface area (Å²) in [5, 5.41) is 4.35. The maximum Gasteiger partial charge on any atom is 0.186 e. The molecule has 108 valence electrons. The van der Waals surface area contributed by atoms with Crippen molar-refractivity contribution in [3.8, 4) is 0 Å². The van der Waals surface area contributed by atoms with E-state index in [4.69, 9.17) is 9.72 Å². The zero-order valence-electron chi connectivity index (χ0n) is 12.1. The summed E-state index contributed by atoms with van der Waals surface area (Å²) in [6.45, 7) is 9.26. The Hall–Kier alpha value is -0.690. The molecule has 1 aliphatic heterocycles. The average molecular weight is 284 g/mol. The zero-order chi connectivity index (χ0) is 13.7. The number of ether oxygens (including phenoxy) is 1. The van der Waals surface area contributed by atoms with Crippen LogP contribution in [-0.4, -0.2) is 56.8 Å². The van der Waals surface area contributed by atoms with Gasteiger partial charge in [0.05, 0.1) is 12.3 Å². The highest BCUT2D eigenvalue weighted by atomic mass is 32.1. The van der Waals surface area contributed by atoms with Crippen LogP contribution >= 0.6 is 11.3 Å². The number of aromatic nitrogens is 1. The van der Waals surface area contributed by atoms with E-state index in [0.717, 1.165) is 50.1 Å². The van der Waals surface area contributed by atoms with Crippen LogP contribution in [0.5, 0.6) is 0 Å². The maximum absolute atomic E-state index is 5.24. The number of likely N-dealkylation sites (N-methyl/N-ethyl adjacent to an activating group) is 1. The monoisotopic (exact) mass is 284 g/mol. The van der Waals surface area contributed by atoms with Crippen molar-refractivity contribution >= 4 is 16.5 Å². The third kappa shape index (κ3) is 3.66. The van der Waals surface area contributed by atoms with Gasteiger partial charge in [-0.1, -0.05) is 6.92 Å².